The van der Waals surface area contributed by atoms with Crippen LogP contribution in [0.25, 0.3) is 0 Å². The minimum atomic E-state index is 0.0847. The molecule has 2 heteroatoms. The lowest BCUT2D eigenvalue weighted by atomic mass is 9.88. The van der Waals surface area contributed by atoms with Gasteiger partial charge < -0.3 is 4.74 Å². The van der Waals surface area contributed by atoms with E-state index in [4.69, 9.17) is 10.00 Å². The monoisotopic (exact) mass is 231 g/mol. The van der Waals surface area contributed by atoms with Gasteiger partial charge in [0.1, 0.15) is 5.75 Å². The molecule has 0 amide bonds. The topological polar surface area (TPSA) is 33.0 Å². The first-order valence-electron chi connectivity index (χ1n) is 6.03. The maximum Gasteiger partial charge on any atom is 0.122 e. The summed E-state index contributed by atoms with van der Waals surface area (Å²) in [6.07, 6.45) is 0.824. The van der Waals surface area contributed by atoms with Crippen LogP contribution in [0.1, 0.15) is 30.5 Å². The number of rotatable bonds is 4. The number of nitriles is 1. The van der Waals surface area contributed by atoms with Crippen LogP contribution in [0.3, 0.4) is 0 Å². The first kappa shape index (κ1) is 13.6. The van der Waals surface area contributed by atoms with E-state index < -0.39 is 0 Å². The van der Waals surface area contributed by atoms with Crippen LogP contribution in [0.4, 0.5) is 0 Å². The Morgan fingerprint density at radius 3 is 2.35 bits per heavy atom. The van der Waals surface area contributed by atoms with E-state index in [1.165, 1.54) is 11.1 Å². The summed E-state index contributed by atoms with van der Waals surface area (Å²) in [5.74, 6) is 1.40. The molecule has 0 aliphatic carbocycles. The lowest BCUT2D eigenvalue weighted by molar-refractivity contribution is 0.410. The van der Waals surface area contributed by atoms with Gasteiger partial charge in [0.15, 0.2) is 0 Å². The fourth-order valence-electron chi connectivity index (χ4n) is 1.96. The summed E-state index contributed by atoms with van der Waals surface area (Å²) in [6.45, 7) is 8.31. The maximum absolute atomic E-state index is 9.14. The Morgan fingerprint density at radius 1 is 1.24 bits per heavy atom. The Morgan fingerprint density at radius 2 is 1.88 bits per heavy atom. The van der Waals surface area contributed by atoms with Crippen molar-refractivity contribution in [2.45, 2.75) is 34.1 Å². The molecule has 17 heavy (non-hydrogen) atoms. The van der Waals surface area contributed by atoms with Crippen molar-refractivity contribution >= 4 is 0 Å². The second-order valence-electron chi connectivity index (χ2n) is 4.93. The molecule has 1 rings (SSSR count). The number of methoxy groups -OCH3 is 1. The third kappa shape index (κ3) is 3.23. The van der Waals surface area contributed by atoms with E-state index in [2.05, 4.69) is 39.0 Å². The summed E-state index contributed by atoms with van der Waals surface area (Å²) < 4.78 is 5.29. The molecule has 0 aliphatic rings. The van der Waals surface area contributed by atoms with E-state index in [-0.39, 0.29) is 5.92 Å². The van der Waals surface area contributed by atoms with Crippen LogP contribution >= 0.6 is 0 Å². The molecule has 0 saturated carbocycles. The molecule has 0 aromatic heterocycles. The summed E-state index contributed by atoms with van der Waals surface area (Å²) >= 11 is 0. The van der Waals surface area contributed by atoms with Gasteiger partial charge in [-0.05, 0) is 48.9 Å². The van der Waals surface area contributed by atoms with Crippen LogP contribution in [-0.2, 0) is 6.42 Å². The third-order valence-corrected chi connectivity index (χ3v) is 3.26. The Balaban J connectivity index is 3.00. The molecule has 0 aliphatic heterocycles. The van der Waals surface area contributed by atoms with Crippen LogP contribution in [0.15, 0.2) is 12.1 Å². The summed E-state index contributed by atoms with van der Waals surface area (Å²) in [7, 11) is 1.69. The second-order valence-corrected chi connectivity index (χ2v) is 4.93. The average molecular weight is 231 g/mol. The summed E-state index contributed by atoms with van der Waals surface area (Å²) in [5.41, 5.74) is 3.59. The third-order valence-electron chi connectivity index (χ3n) is 3.26. The van der Waals surface area contributed by atoms with Gasteiger partial charge in [0.25, 0.3) is 0 Å². The molecule has 1 aromatic rings. The van der Waals surface area contributed by atoms with Gasteiger partial charge in [-0.1, -0.05) is 19.9 Å². The van der Waals surface area contributed by atoms with Crippen LogP contribution in [0.5, 0.6) is 5.75 Å². The molecule has 0 radical (unpaired) electrons. The van der Waals surface area contributed by atoms with Crippen molar-refractivity contribution in [2.75, 3.05) is 7.11 Å². The average Bonchev–Trinajstić information content (AvgIpc) is 2.29. The molecule has 0 fully saturated rings. The molecule has 2 nitrogen and oxygen atoms in total. The van der Waals surface area contributed by atoms with E-state index in [1.54, 1.807) is 7.11 Å². The number of hydrogen-bond acceptors (Lipinski definition) is 2. The molecule has 0 N–H and O–H groups in total. The standard InChI is InChI=1S/C15H21NO/c1-10(2)14(9-16)8-13-6-12(4)15(17-5)7-11(13)3/h6-7,10,14H,8H2,1-5H3. The Hall–Kier alpha value is -1.49. The SMILES string of the molecule is COc1cc(C)c(CC(C#N)C(C)C)cc1C. The van der Waals surface area contributed by atoms with Gasteiger partial charge in [0.05, 0.1) is 19.1 Å². The lowest BCUT2D eigenvalue weighted by Crippen LogP contribution is -2.10. The molecule has 1 aromatic carbocycles. The van der Waals surface area contributed by atoms with E-state index >= 15 is 0 Å². The molecule has 92 valence electrons. The van der Waals surface area contributed by atoms with Crippen LogP contribution in [0.2, 0.25) is 0 Å². The molecule has 0 spiro atoms. The van der Waals surface area contributed by atoms with Crippen molar-refractivity contribution in [2.24, 2.45) is 11.8 Å². The van der Waals surface area contributed by atoms with Crippen LogP contribution in [-0.4, -0.2) is 7.11 Å². The van der Waals surface area contributed by atoms with Crippen LogP contribution < -0.4 is 4.74 Å². The van der Waals surface area contributed by atoms with Crippen molar-refractivity contribution < 1.29 is 4.74 Å². The van der Waals surface area contributed by atoms with E-state index in [1.807, 2.05) is 6.92 Å². The molecular weight excluding hydrogens is 210 g/mol. The zero-order valence-corrected chi connectivity index (χ0v) is 11.4. The summed E-state index contributed by atoms with van der Waals surface area (Å²) in [5, 5.41) is 9.14. The van der Waals surface area contributed by atoms with Gasteiger partial charge in [0.2, 0.25) is 0 Å². The molecular formula is C15H21NO. The number of hydrogen-bond donors (Lipinski definition) is 0. The maximum atomic E-state index is 9.14. The van der Waals surface area contributed by atoms with Crippen molar-refractivity contribution in [1.82, 2.24) is 0 Å². The Kier molecular flexibility index (Phi) is 4.57. The van der Waals surface area contributed by atoms with Gasteiger partial charge in [-0.2, -0.15) is 5.26 Å². The number of nitrogens with zero attached hydrogens (tertiary/aromatic N) is 1. The molecule has 1 unspecified atom stereocenters. The van der Waals surface area contributed by atoms with E-state index in [9.17, 15) is 0 Å². The molecule has 0 saturated heterocycles. The van der Waals surface area contributed by atoms with Gasteiger partial charge in [-0.3, -0.25) is 0 Å². The minimum Gasteiger partial charge on any atom is -0.496 e. The van der Waals surface area contributed by atoms with Crippen LogP contribution in [0, 0.1) is 37.0 Å². The zero-order chi connectivity index (χ0) is 13.0. The molecule has 0 heterocycles. The summed E-state index contributed by atoms with van der Waals surface area (Å²) in [6, 6.07) is 6.59. The highest BCUT2D eigenvalue weighted by Crippen LogP contribution is 2.25. The quantitative estimate of drug-likeness (QED) is 0.792. The Labute approximate surface area is 104 Å². The minimum absolute atomic E-state index is 0.0847. The number of benzene rings is 1. The fraction of sp³-hybridized carbons (Fsp3) is 0.533. The predicted molar refractivity (Wildman–Crippen MR) is 70.1 cm³/mol. The number of aryl methyl sites for hydroxylation is 2. The largest absolute Gasteiger partial charge is 0.496 e. The van der Waals surface area contributed by atoms with Crippen molar-refractivity contribution in [3.8, 4) is 11.8 Å². The van der Waals surface area contributed by atoms with Crippen molar-refractivity contribution in [3.63, 3.8) is 0 Å². The Bertz CT molecular complexity index is 429. The first-order valence-corrected chi connectivity index (χ1v) is 6.03. The normalized spacial score (nSPS) is 12.3. The van der Waals surface area contributed by atoms with E-state index in [0.29, 0.717) is 5.92 Å². The van der Waals surface area contributed by atoms with Gasteiger partial charge in [-0.25, -0.2) is 0 Å². The van der Waals surface area contributed by atoms with Crippen molar-refractivity contribution in [3.05, 3.63) is 28.8 Å². The highest BCUT2D eigenvalue weighted by Gasteiger charge is 2.15. The fourth-order valence-corrected chi connectivity index (χ4v) is 1.96. The summed E-state index contributed by atoms with van der Waals surface area (Å²) in [4.78, 5) is 0. The predicted octanol–water partition coefficient (Wildman–Crippen LogP) is 3.65. The van der Waals surface area contributed by atoms with Gasteiger partial charge in [0, 0.05) is 0 Å². The number of ether oxygens (including phenoxy) is 1. The highest BCUT2D eigenvalue weighted by molar-refractivity contribution is 5.41. The zero-order valence-electron chi connectivity index (χ0n) is 11.4. The second kappa shape index (κ2) is 5.72. The first-order chi connectivity index (χ1) is 7.99. The van der Waals surface area contributed by atoms with Gasteiger partial charge >= 0.3 is 0 Å². The highest BCUT2D eigenvalue weighted by atomic mass is 16.5. The molecule has 1 atom stereocenters. The molecule has 0 bridgehead atoms. The van der Waals surface area contributed by atoms with Crippen molar-refractivity contribution in [1.29, 1.82) is 5.26 Å². The van der Waals surface area contributed by atoms with Gasteiger partial charge in [-0.15, -0.1) is 0 Å². The smallest absolute Gasteiger partial charge is 0.122 e. The lowest BCUT2D eigenvalue weighted by Gasteiger charge is -2.16. The van der Waals surface area contributed by atoms with E-state index in [0.717, 1.165) is 17.7 Å².